The number of benzene rings is 2. The summed E-state index contributed by atoms with van der Waals surface area (Å²) in [5.74, 6) is -3.19. The Morgan fingerprint density at radius 1 is 1.12 bits per heavy atom. The van der Waals surface area contributed by atoms with Gasteiger partial charge >= 0.3 is 0 Å². The van der Waals surface area contributed by atoms with E-state index >= 15 is 0 Å². The van der Waals surface area contributed by atoms with Gasteiger partial charge in [-0.1, -0.05) is 12.1 Å². The van der Waals surface area contributed by atoms with Gasteiger partial charge in [0, 0.05) is 17.1 Å². The fourth-order valence-electron chi connectivity index (χ4n) is 3.72. The summed E-state index contributed by atoms with van der Waals surface area (Å²) in [5.41, 5.74) is 5.05. The molecule has 0 radical (unpaired) electrons. The maximum atomic E-state index is 14.6. The molecule has 0 saturated heterocycles. The summed E-state index contributed by atoms with van der Waals surface area (Å²) in [7, 11) is 0. The Hall–Kier alpha value is -4.15. The highest BCUT2D eigenvalue weighted by Gasteiger charge is 2.20. The van der Waals surface area contributed by atoms with Crippen molar-refractivity contribution in [3.8, 4) is 11.3 Å². The fraction of sp³-hybridized carbons (Fsp3) is 0.125. The van der Waals surface area contributed by atoms with Crippen LogP contribution in [0.4, 0.5) is 8.78 Å². The summed E-state index contributed by atoms with van der Waals surface area (Å²) in [5, 5.41) is 12.9. The lowest BCUT2D eigenvalue weighted by atomic mass is 10.1. The van der Waals surface area contributed by atoms with Gasteiger partial charge in [-0.05, 0) is 48.0 Å². The minimum Gasteiger partial charge on any atom is -0.394 e. The quantitative estimate of drug-likeness (QED) is 0.253. The van der Waals surface area contributed by atoms with Crippen LogP contribution in [0.3, 0.4) is 0 Å². The molecule has 3 heterocycles. The predicted molar refractivity (Wildman–Crippen MR) is 121 cm³/mol. The standard InChI is InChI=1S/C24H19F2N5O3/c25-17-11-16(12-18(26)22(17)24(33)30-34-9-8-32)20-5-6-21-23(28-20)31(29-21)13-14-3-4-19-15(10-14)2-1-7-27-19/h1-7,10-12,29,32H,8-9,13H2,(H,30,33). The highest BCUT2D eigenvalue weighted by Crippen LogP contribution is 2.26. The average molecular weight is 463 g/mol. The zero-order valence-corrected chi connectivity index (χ0v) is 17.8. The summed E-state index contributed by atoms with van der Waals surface area (Å²) >= 11 is 0. The maximum absolute atomic E-state index is 14.6. The van der Waals surface area contributed by atoms with Crippen LogP contribution in [0.15, 0.2) is 60.8 Å². The molecular formula is C24H19F2N5O3. The summed E-state index contributed by atoms with van der Waals surface area (Å²) in [6.45, 7) is -0.0190. The number of H-pyrrole nitrogens is 1. The number of halogens is 2. The van der Waals surface area contributed by atoms with Gasteiger partial charge in [-0.15, -0.1) is 0 Å². The van der Waals surface area contributed by atoms with E-state index in [1.54, 1.807) is 18.3 Å². The van der Waals surface area contributed by atoms with Gasteiger partial charge in [-0.3, -0.25) is 24.4 Å². The smallest absolute Gasteiger partial charge is 0.280 e. The van der Waals surface area contributed by atoms with Gasteiger partial charge in [0.25, 0.3) is 5.91 Å². The Bertz CT molecular complexity index is 1490. The van der Waals surface area contributed by atoms with E-state index in [4.69, 9.17) is 5.11 Å². The number of fused-ring (bicyclic) bond motifs is 2. The molecule has 10 heteroatoms. The molecule has 172 valence electrons. The molecule has 34 heavy (non-hydrogen) atoms. The minimum atomic E-state index is -1.08. The number of aromatic amines is 1. The molecule has 0 aliphatic heterocycles. The molecule has 5 aromatic rings. The number of nitrogens with one attached hydrogen (secondary N) is 2. The Labute approximate surface area is 191 Å². The van der Waals surface area contributed by atoms with E-state index in [1.807, 2.05) is 40.5 Å². The molecule has 0 bridgehead atoms. The van der Waals surface area contributed by atoms with Crippen molar-refractivity contribution in [2.24, 2.45) is 0 Å². The van der Waals surface area contributed by atoms with Crippen molar-refractivity contribution in [3.63, 3.8) is 0 Å². The molecular weight excluding hydrogens is 444 g/mol. The number of carbonyl (C=O) groups is 1. The lowest BCUT2D eigenvalue weighted by Gasteiger charge is -2.17. The molecule has 0 atom stereocenters. The first-order chi connectivity index (χ1) is 16.5. The first-order valence-electron chi connectivity index (χ1n) is 10.4. The second kappa shape index (κ2) is 9.00. The largest absolute Gasteiger partial charge is 0.394 e. The Morgan fingerprint density at radius 2 is 1.94 bits per heavy atom. The van der Waals surface area contributed by atoms with Gasteiger partial charge < -0.3 is 5.11 Å². The highest BCUT2D eigenvalue weighted by atomic mass is 19.1. The van der Waals surface area contributed by atoms with Crippen LogP contribution in [0.5, 0.6) is 0 Å². The zero-order valence-electron chi connectivity index (χ0n) is 17.8. The van der Waals surface area contributed by atoms with Crippen LogP contribution in [0.1, 0.15) is 15.9 Å². The third kappa shape index (κ3) is 4.12. The monoisotopic (exact) mass is 463 g/mol. The Balaban J connectivity index is 1.41. The second-order valence-corrected chi connectivity index (χ2v) is 7.61. The molecule has 5 rings (SSSR count). The number of carbonyl (C=O) groups excluding carboxylic acids is 1. The second-order valence-electron chi connectivity index (χ2n) is 7.61. The van der Waals surface area contributed by atoms with E-state index < -0.39 is 23.1 Å². The number of pyridine rings is 2. The molecule has 2 aromatic carbocycles. The number of aromatic nitrogens is 4. The molecule has 3 N–H and O–H groups in total. The zero-order chi connectivity index (χ0) is 23.7. The van der Waals surface area contributed by atoms with E-state index in [1.165, 1.54) is 0 Å². The van der Waals surface area contributed by atoms with Crippen LogP contribution in [0, 0.1) is 11.6 Å². The number of hydroxylamine groups is 1. The predicted octanol–water partition coefficient (Wildman–Crippen LogP) is 3.56. The molecule has 0 aliphatic rings. The number of amides is 1. The number of aliphatic hydroxyl groups is 1. The maximum Gasteiger partial charge on any atom is 0.280 e. The molecule has 0 unspecified atom stereocenters. The van der Waals surface area contributed by atoms with Gasteiger partial charge in [0.15, 0.2) is 5.65 Å². The van der Waals surface area contributed by atoms with Crippen LogP contribution in [-0.2, 0) is 11.4 Å². The van der Waals surface area contributed by atoms with Gasteiger partial charge in [0.1, 0.15) is 17.2 Å². The van der Waals surface area contributed by atoms with E-state index in [9.17, 15) is 13.6 Å². The minimum absolute atomic E-state index is 0.189. The molecule has 3 aromatic heterocycles. The molecule has 1 amide bonds. The molecule has 0 spiro atoms. The highest BCUT2D eigenvalue weighted by molar-refractivity contribution is 5.94. The summed E-state index contributed by atoms with van der Waals surface area (Å²) < 4.78 is 31.0. The topological polar surface area (TPSA) is 105 Å². The van der Waals surface area contributed by atoms with Gasteiger partial charge in [0.2, 0.25) is 0 Å². The van der Waals surface area contributed by atoms with Crippen molar-refractivity contribution in [1.82, 2.24) is 25.2 Å². The number of rotatable bonds is 7. The van der Waals surface area contributed by atoms with Gasteiger partial charge in [0.05, 0.1) is 36.5 Å². The Morgan fingerprint density at radius 3 is 2.74 bits per heavy atom. The first-order valence-corrected chi connectivity index (χ1v) is 10.4. The lowest BCUT2D eigenvalue weighted by Crippen LogP contribution is -2.27. The summed E-state index contributed by atoms with van der Waals surface area (Å²) in [6, 6.07) is 15.4. The van der Waals surface area contributed by atoms with E-state index in [-0.39, 0.29) is 18.8 Å². The van der Waals surface area contributed by atoms with Crippen LogP contribution in [-0.4, -0.2) is 44.0 Å². The number of hydrogen-bond donors (Lipinski definition) is 3. The Kier molecular flexibility index (Phi) is 5.74. The van der Waals surface area contributed by atoms with Crippen molar-refractivity contribution in [2.75, 3.05) is 13.2 Å². The van der Waals surface area contributed by atoms with Crippen molar-refractivity contribution in [1.29, 1.82) is 0 Å². The molecule has 0 saturated carbocycles. The normalized spacial score (nSPS) is 11.4. The fourth-order valence-corrected chi connectivity index (χ4v) is 3.72. The van der Waals surface area contributed by atoms with Crippen LogP contribution >= 0.6 is 0 Å². The third-order valence-corrected chi connectivity index (χ3v) is 5.32. The van der Waals surface area contributed by atoms with Gasteiger partial charge in [-0.2, -0.15) is 0 Å². The summed E-state index contributed by atoms with van der Waals surface area (Å²) in [4.78, 5) is 25.5. The van der Waals surface area contributed by atoms with Gasteiger partial charge in [-0.25, -0.2) is 19.2 Å². The van der Waals surface area contributed by atoms with E-state index in [0.717, 1.165) is 34.1 Å². The number of hydrogen-bond acceptors (Lipinski definition) is 5. The van der Waals surface area contributed by atoms with E-state index in [2.05, 4.69) is 19.9 Å². The number of aliphatic hydroxyl groups excluding tert-OH is 1. The van der Waals surface area contributed by atoms with Crippen LogP contribution in [0.2, 0.25) is 0 Å². The van der Waals surface area contributed by atoms with Crippen molar-refractivity contribution >= 4 is 28.0 Å². The van der Waals surface area contributed by atoms with Crippen molar-refractivity contribution < 1.29 is 23.5 Å². The SMILES string of the molecule is O=C(NOCCO)c1c(F)cc(-c2ccc3[nH]n(Cc4ccc5ncccc5c4)c3n2)cc1F. The lowest BCUT2D eigenvalue weighted by molar-refractivity contribution is 0.0162. The van der Waals surface area contributed by atoms with Crippen molar-refractivity contribution in [3.05, 3.63) is 83.6 Å². The average Bonchev–Trinajstić information content (AvgIpc) is 2.82. The van der Waals surface area contributed by atoms with Crippen molar-refractivity contribution in [2.45, 2.75) is 6.54 Å². The van der Waals surface area contributed by atoms with E-state index in [0.29, 0.717) is 17.9 Å². The molecule has 8 nitrogen and oxygen atoms in total. The summed E-state index contributed by atoms with van der Waals surface area (Å²) in [6.07, 6.45) is 1.75. The van der Waals surface area contributed by atoms with Crippen LogP contribution in [0.25, 0.3) is 33.3 Å². The first kappa shape index (κ1) is 21.7. The molecule has 0 fully saturated rings. The van der Waals surface area contributed by atoms with Crippen LogP contribution < -0.4 is 5.48 Å². The molecule has 0 aliphatic carbocycles. The number of nitrogens with zero attached hydrogens (tertiary/aromatic N) is 3. The third-order valence-electron chi connectivity index (χ3n) is 5.32.